The molecule has 1 N–H and O–H groups in total. The summed E-state index contributed by atoms with van der Waals surface area (Å²) >= 11 is 1.59. The van der Waals surface area contributed by atoms with Crippen molar-refractivity contribution in [3.05, 3.63) is 90.8 Å². The molecule has 0 saturated heterocycles. The highest BCUT2D eigenvalue weighted by molar-refractivity contribution is 7.18. The Morgan fingerprint density at radius 2 is 2.08 bits per heavy atom. The van der Waals surface area contributed by atoms with Gasteiger partial charge in [-0.3, -0.25) is 24.3 Å². The first-order valence-electron chi connectivity index (χ1n) is 11.2. The average molecular weight is 504 g/mol. The summed E-state index contributed by atoms with van der Waals surface area (Å²) in [7, 11) is 1.35. The SMILES string of the molecule is COc1ccc(/C=N/NC(=O)c2cccc(-n3cnc4sc5c(c4c3=O)CCCC5)c2)cc1[N+](=O)[O-]. The second-order valence-corrected chi connectivity index (χ2v) is 9.33. The van der Waals surface area contributed by atoms with Crippen molar-refractivity contribution in [3.8, 4) is 11.4 Å². The summed E-state index contributed by atoms with van der Waals surface area (Å²) in [6.07, 6.45) is 6.86. The van der Waals surface area contributed by atoms with Crippen molar-refractivity contribution in [1.29, 1.82) is 0 Å². The number of fused-ring (bicyclic) bond motifs is 3. The lowest BCUT2D eigenvalue weighted by Gasteiger charge is -2.11. The van der Waals surface area contributed by atoms with Gasteiger partial charge in [-0.1, -0.05) is 6.07 Å². The van der Waals surface area contributed by atoms with Crippen LogP contribution in [0.1, 0.15) is 39.2 Å². The topological polar surface area (TPSA) is 129 Å². The Morgan fingerprint density at radius 1 is 1.25 bits per heavy atom. The van der Waals surface area contributed by atoms with Gasteiger partial charge in [0.1, 0.15) is 11.2 Å². The van der Waals surface area contributed by atoms with Crippen LogP contribution in [0, 0.1) is 10.1 Å². The number of ether oxygens (including phenoxy) is 1. The highest BCUT2D eigenvalue weighted by atomic mass is 32.1. The van der Waals surface area contributed by atoms with Gasteiger partial charge in [0.15, 0.2) is 5.75 Å². The number of carbonyl (C=O) groups excluding carboxylic acids is 1. The quantitative estimate of drug-likeness (QED) is 0.241. The van der Waals surface area contributed by atoms with Crippen LogP contribution in [0.2, 0.25) is 0 Å². The van der Waals surface area contributed by atoms with E-state index in [2.05, 4.69) is 15.5 Å². The molecule has 0 aliphatic heterocycles. The normalized spacial score (nSPS) is 13.0. The number of nitrogens with zero attached hydrogens (tertiary/aromatic N) is 4. The number of rotatable bonds is 6. The van der Waals surface area contributed by atoms with Crippen molar-refractivity contribution in [2.24, 2.45) is 5.10 Å². The largest absolute Gasteiger partial charge is 0.490 e. The molecule has 36 heavy (non-hydrogen) atoms. The van der Waals surface area contributed by atoms with Gasteiger partial charge in [-0.25, -0.2) is 10.4 Å². The summed E-state index contributed by atoms with van der Waals surface area (Å²) in [5.74, 6) is -0.366. The average Bonchev–Trinajstić information content (AvgIpc) is 3.28. The molecule has 11 heteroatoms. The number of hydrogen-bond acceptors (Lipinski definition) is 8. The van der Waals surface area contributed by atoms with Crippen molar-refractivity contribution in [2.75, 3.05) is 7.11 Å². The molecule has 1 amide bonds. The lowest BCUT2D eigenvalue weighted by molar-refractivity contribution is -0.385. The van der Waals surface area contributed by atoms with Crippen LogP contribution in [-0.2, 0) is 12.8 Å². The molecule has 0 unspecified atom stereocenters. The van der Waals surface area contributed by atoms with Gasteiger partial charge in [-0.05, 0) is 61.6 Å². The predicted molar refractivity (Wildman–Crippen MR) is 137 cm³/mol. The summed E-state index contributed by atoms with van der Waals surface area (Å²) in [5, 5.41) is 15.8. The standard InChI is InChI=1S/C25H21N5O5S/c1-35-20-10-9-15(11-19(20)30(33)34)13-27-28-23(31)16-5-4-6-17(12-16)29-14-26-24-22(25(29)32)18-7-2-3-8-21(18)36-24/h4-6,9-14H,2-3,7-8H2,1H3,(H,28,31)/b27-13+. The molecule has 0 atom stereocenters. The Labute approximate surface area is 209 Å². The van der Waals surface area contributed by atoms with E-state index in [0.717, 1.165) is 36.1 Å². The number of methoxy groups -OCH3 is 1. The molecule has 2 aromatic heterocycles. The Morgan fingerprint density at radius 3 is 2.89 bits per heavy atom. The fourth-order valence-electron chi connectivity index (χ4n) is 4.29. The van der Waals surface area contributed by atoms with Crippen LogP contribution in [0.25, 0.3) is 15.9 Å². The molecule has 1 aliphatic carbocycles. The van der Waals surface area contributed by atoms with E-state index in [1.165, 1.54) is 41.2 Å². The van der Waals surface area contributed by atoms with E-state index in [9.17, 15) is 19.7 Å². The van der Waals surface area contributed by atoms with E-state index in [-0.39, 0.29) is 17.0 Å². The third-order valence-electron chi connectivity index (χ3n) is 6.04. The third-order valence-corrected chi connectivity index (χ3v) is 7.24. The third kappa shape index (κ3) is 4.36. The van der Waals surface area contributed by atoms with Gasteiger partial charge in [0, 0.05) is 22.1 Å². The van der Waals surface area contributed by atoms with E-state index < -0.39 is 10.8 Å². The van der Waals surface area contributed by atoms with Gasteiger partial charge < -0.3 is 4.74 Å². The molecule has 10 nitrogen and oxygen atoms in total. The summed E-state index contributed by atoms with van der Waals surface area (Å²) in [4.78, 5) is 43.2. The molecule has 0 bridgehead atoms. The molecule has 5 rings (SSSR count). The number of thiophene rings is 1. The van der Waals surface area contributed by atoms with Crippen molar-refractivity contribution in [1.82, 2.24) is 15.0 Å². The minimum absolute atomic E-state index is 0.129. The fraction of sp³-hybridized carbons (Fsp3) is 0.200. The Bertz CT molecular complexity index is 1590. The van der Waals surface area contributed by atoms with Crippen LogP contribution in [0.3, 0.4) is 0 Å². The maximum Gasteiger partial charge on any atom is 0.311 e. The minimum atomic E-state index is -0.555. The Hall–Kier alpha value is -4.38. The Kier molecular flexibility index (Phi) is 6.30. The van der Waals surface area contributed by atoms with Crippen molar-refractivity contribution in [2.45, 2.75) is 25.7 Å². The van der Waals surface area contributed by atoms with Crippen LogP contribution in [-0.4, -0.2) is 33.7 Å². The van der Waals surface area contributed by atoms with Gasteiger partial charge >= 0.3 is 5.69 Å². The van der Waals surface area contributed by atoms with Crippen molar-refractivity contribution >= 4 is 39.4 Å². The molecule has 2 aromatic carbocycles. The first-order chi connectivity index (χ1) is 17.5. The number of benzene rings is 2. The van der Waals surface area contributed by atoms with Crippen LogP contribution in [0.5, 0.6) is 5.75 Å². The maximum atomic E-state index is 13.3. The summed E-state index contributed by atoms with van der Waals surface area (Å²) < 4.78 is 6.44. The summed E-state index contributed by atoms with van der Waals surface area (Å²) in [6.45, 7) is 0. The zero-order valence-electron chi connectivity index (χ0n) is 19.3. The highest BCUT2D eigenvalue weighted by Crippen LogP contribution is 2.33. The fourth-order valence-corrected chi connectivity index (χ4v) is 5.51. The van der Waals surface area contributed by atoms with Crippen molar-refractivity contribution in [3.63, 3.8) is 0 Å². The van der Waals surface area contributed by atoms with Crippen LogP contribution in [0.4, 0.5) is 5.69 Å². The van der Waals surface area contributed by atoms with E-state index >= 15 is 0 Å². The number of carbonyl (C=O) groups is 1. The van der Waals surface area contributed by atoms with Gasteiger partial charge in [-0.15, -0.1) is 11.3 Å². The molecule has 2 heterocycles. The molecular weight excluding hydrogens is 482 g/mol. The number of nitro groups is 1. The first kappa shape index (κ1) is 23.4. The van der Waals surface area contributed by atoms with E-state index in [1.54, 1.807) is 41.7 Å². The van der Waals surface area contributed by atoms with Gasteiger partial charge in [0.25, 0.3) is 11.5 Å². The summed E-state index contributed by atoms with van der Waals surface area (Å²) in [6, 6.07) is 11.0. The number of nitro benzene ring substituents is 1. The number of amides is 1. The highest BCUT2D eigenvalue weighted by Gasteiger charge is 2.20. The van der Waals surface area contributed by atoms with E-state index in [0.29, 0.717) is 22.2 Å². The molecule has 182 valence electrons. The lowest BCUT2D eigenvalue weighted by atomic mass is 9.97. The smallest absolute Gasteiger partial charge is 0.311 e. The minimum Gasteiger partial charge on any atom is -0.490 e. The zero-order chi connectivity index (χ0) is 25.2. The number of aryl methyl sites for hydroxylation is 2. The molecule has 0 saturated carbocycles. The molecule has 0 spiro atoms. The van der Waals surface area contributed by atoms with Crippen molar-refractivity contribution < 1.29 is 14.5 Å². The molecule has 0 radical (unpaired) electrons. The summed E-state index contributed by atoms with van der Waals surface area (Å²) in [5.41, 5.74) is 4.41. The second-order valence-electron chi connectivity index (χ2n) is 8.25. The van der Waals surface area contributed by atoms with E-state index in [4.69, 9.17) is 4.74 Å². The van der Waals surface area contributed by atoms with Crippen LogP contribution >= 0.6 is 11.3 Å². The predicted octanol–water partition coefficient (Wildman–Crippen LogP) is 4.01. The number of nitrogens with one attached hydrogen (secondary N) is 1. The molecule has 4 aromatic rings. The van der Waals surface area contributed by atoms with Gasteiger partial charge in [0.05, 0.1) is 29.3 Å². The monoisotopic (exact) mass is 503 g/mol. The first-order valence-corrected chi connectivity index (χ1v) is 12.1. The van der Waals surface area contributed by atoms with E-state index in [1.807, 2.05) is 0 Å². The Balaban J connectivity index is 1.38. The molecule has 1 aliphatic rings. The lowest BCUT2D eigenvalue weighted by Crippen LogP contribution is -2.21. The molecular formula is C25H21N5O5S. The number of aromatic nitrogens is 2. The zero-order valence-corrected chi connectivity index (χ0v) is 20.1. The second kappa shape index (κ2) is 9.70. The number of hydrogen-bond donors (Lipinski definition) is 1. The van der Waals surface area contributed by atoms with Crippen LogP contribution < -0.4 is 15.7 Å². The van der Waals surface area contributed by atoms with Gasteiger partial charge in [0.2, 0.25) is 0 Å². The maximum absolute atomic E-state index is 13.3. The molecule has 0 fully saturated rings. The van der Waals surface area contributed by atoms with Gasteiger partial charge in [-0.2, -0.15) is 5.10 Å². The van der Waals surface area contributed by atoms with Crippen LogP contribution in [0.15, 0.2) is 58.7 Å². The number of hydrazone groups is 1.